The Kier molecular flexibility index (Phi) is 7.60. The number of hydrogen-bond acceptors (Lipinski definition) is 2. The van der Waals surface area contributed by atoms with Crippen molar-refractivity contribution in [2.75, 3.05) is 32.1 Å². The molecule has 1 saturated heterocycles. The van der Waals surface area contributed by atoms with Crippen LogP contribution >= 0.6 is 11.6 Å². The molecular formula is C12H23ClN2O. The number of nitrogens with zero attached hydrogens (tertiary/aromatic N) is 1. The molecule has 0 atom stereocenters. The van der Waals surface area contributed by atoms with E-state index in [1.54, 1.807) is 0 Å². The average molecular weight is 247 g/mol. The minimum Gasteiger partial charge on any atom is -0.356 e. The van der Waals surface area contributed by atoms with Gasteiger partial charge in [-0.1, -0.05) is 0 Å². The van der Waals surface area contributed by atoms with E-state index in [0.717, 1.165) is 32.4 Å². The van der Waals surface area contributed by atoms with Crippen molar-refractivity contribution in [2.45, 2.75) is 38.5 Å². The van der Waals surface area contributed by atoms with E-state index in [1.807, 2.05) is 0 Å². The van der Waals surface area contributed by atoms with Crippen LogP contribution in [0.1, 0.15) is 38.5 Å². The normalized spacial score (nSPS) is 16.6. The third-order valence-corrected chi connectivity index (χ3v) is 3.23. The molecule has 3 nitrogen and oxygen atoms in total. The second-order valence-electron chi connectivity index (χ2n) is 4.40. The molecule has 0 saturated carbocycles. The van der Waals surface area contributed by atoms with Crippen LogP contribution in [0.25, 0.3) is 0 Å². The summed E-state index contributed by atoms with van der Waals surface area (Å²) < 4.78 is 0. The molecule has 1 N–H and O–H groups in total. The number of rotatable bonds is 8. The standard InChI is InChI=1S/C12H23ClN2O/c13-7-2-1-6-12(16)14-8-5-11-15-9-3-4-10-15/h1-11H2,(H,14,16). The van der Waals surface area contributed by atoms with Gasteiger partial charge in [-0.3, -0.25) is 4.79 Å². The van der Waals surface area contributed by atoms with Crippen molar-refractivity contribution in [3.8, 4) is 0 Å². The van der Waals surface area contributed by atoms with Crippen LogP contribution in [0, 0.1) is 0 Å². The summed E-state index contributed by atoms with van der Waals surface area (Å²) in [5.74, 6) is 0.828. The van der Waals surface area contributed by atoms with E-state index < -0.39 is 0 Å². The fourth-order valence-electron chi connectivity index (χ4n) is 2.01. The Morgan fingerprint density at radius 3 is 2.62 bits per heavy atom. The molecule has 0 aliphatic carbocycles. The second kappa shape index (κ2) is 8.82. The lowest BCUT2D eigenvalue weighted by Crippen LogP contribution is -2.28. The van der Waals surface area contributed by atoms with Crippen LogP contribution in [0.4, 0.5) is 0 Å². The van der Waals surface area contributed by atoms with E-state index in [2.05, 4.69) is 10.2 Å². The maximum Gasteiger partial charge on any atom is 0.219 e. The summed E-state index contributed by atoms with van der Waals surface area (Å²) in [5.41, 5.74) is 0. The molecule has 1 heterocycles. The molecule has 0 radical (unpaired) electrons. The van der Waals surface area contributed by atoms with Crippen LogP contribution < -0.4 is 5.32 Å². The minimum atomic E-state index is 0.173. The summed E-state index contributed by atoms with van der Waals surface area (Å²) in [6.07, 6.45) is 6.21. The van der Waals surface area contributed by atoms with Gasteiger partial charge >= 0.3 is 0 Å². The van der Waals surface area contributed by atoms with Crippen LogP contribution in [0.3, 0.4) is 0 Å². The summed E-state index contributed by atoms with van der Waals surface area (Å²) in [5, 5.41) is 2.96. The van der Waals surface area contributed by atoms with E-state index >= 15 is 0 Å². The van der Waals surface area contributed by atoms with Crippen molar-refractivity contribution in [1.29, 1.82) is 0 Å². The third-order valence-electron chi connectivity index (χ3n) is 2.96. The molecule has 0 spiro atoms. The molecule has 0 aromatic carbocycles. The number of amides is 1. The largest absolute Gasteiger partial charge is 0.356 e. The van der Waals surface area contributed by atoms with E-state index in [-0.39, 0.29) is 5.91 Å². The van der Waals surface area contributed by atoms with Gasteiger partial charge in [-0.15, -0.1) is 11.6 Å². The average Bonchev–Trinajstić information content (AvgIpc) is 2.78. The molecule has 16 heavy (non-hydrogen) atoms. The Balaban J connectivity index is 1.87. The molecule has 1 amide bonds. The lowest BCUT2D eigenvalue weighted by Gasteiger charge is -2.14. The summed E-state index contributed by atoms with van der Waals surface area (Å²) >= 11 is 5.55. The topological polar surface area (TPSA) is 32.3 Å². The van der Waals surface area contributed by atoms with Crippen LogP contribution in [0.15, 0.2) is 0 Å². The van der Waals surface area contributed by atoms with Gasteiger partial charge in [0.1, 0.15) is 0 Å². The van der Waals surface area contributed by atoms with Crippen molar-refractivity contribution in [2.24, 2.45) is 0 Å². The number of hydrogen-bond donors (Lipinski definition) is 1. The monoisotopic (exact) mass is 246 g/mol. The molecule has 0 unspecified atom stereocenters. The molecule has 4 heteroatoms. The van der Waals surface area contributed by atoms with E-state index in [9.17, 15) is 4.79 Å². The number of carbonyl (C=O) groups excluding carboxylic acids is 1. The molecule has 94 valence electrons. The van der Waals surface area contributed by atoms with Crippen LogP contribution in [0.2, 0.25) is 0 Å². The van der Waals surface area contributed by atoms with Gasteiger partial charge in [0.2, 0.25) is 5.91 Å². The summed E-state index contributed by atoms with van der Waals surface area (Å²) in [4.78, 5) is 13.8. The first-order valence-corrected chi connectivity index (χ1v) is 6.91. The van der Waals surface area contributed by atoms with Gasteiger partial charge in [0.05, 0.1) is 0 Å². The molecule has 1 aliphatic rings. The first-order chi connectivity index (χ1) is 7.83. The van der Waals surface area contributed by atoms with E-state index in [4.69, 9.17) is 11.6 Å². The van der Waals surface area contributed by atoms with Gasteiger partial charge in [-0.05, 0) is 51.7 Å². The summed E-state index contributed by atoms with van der Waals surface area (Å²) in [6, 6.07) is 0. The van der Waals surface area contributed by atoms with Crippen LogP contribution in [0.5, 0.6) is 0 Å². The van der Waals surface area contributed by atoms with Gasteiger partial charge < -0.3 is 10.2 Å². The Morgan fingerprint density at radius 1 is 1.19 bits per heavy atom. The number of alkyl halides is 1. The van der Waals surface area contributed by atoms with E-state index in [1.165, 1.54) is 25.9 Å². The summed E-state index contributed by atoms with van der Waals surface area (Å²) in [6.45, 7) is 4.42. The number of nitrogens with one attached hydrogen (secondary N) is 1. The smallest absolute Gasteiger partial charge is 0.219 e. The molecular weight excluding hydrogens is 224 g/mol. The highest BCUT2D eigenvalue weighted by atomic mass is 35.5. The van der Waals surface area contributed by atoms with Crippen LogP contribution in [-0.2, 0) is 4.79 Å². The first-order valence-electron chi connectivity index (χ1n) is 6.38. The van der Waals surface area contributed by atoms with Gasteiger partial charge in [0.15, 0.2) is 0 Å². The second-order valence-corrected chi connectivity index (χ2v) is 4.78. The number of carbonyl (C=O) groups is 1. The van der Waals surface area contributed by atoms with Gasteiger partial charge in [0, 0.05) is 18.8 Å². The highest BCUT2D eigenvalue weighted by molar-refractivity contribution is 6.17. The maximum absolute atomic E-state index is 11.3. The fraction of sp³-hybridized carbons (Fsp3) is 0.917. The third kappa shape index (κ3) is 6.33. The first kappa shape index (κ1) is 13.8. The predicted octanol–water partition coefficient (Wildman–Crippen LogP) is 2.00. The van der Waals surface area contributed by atoms with Crippen molar-refractivity contribution in [1.82, 2.24) is 10.2 Å². The van der Waals surface area contributed by atoms with Crippen LogP contribution in [-0.4, -0.2) is 42.9 Å². The van der Waals surface area contributed by atoms with Crippen molar-refractivity contribution >= 4 is 17.5 Å². The zero-order valence-corrected chi connectivity index (χ0v) is 10.8. The Hall–Kier alpha value is -0.280. The molecule has 0 aromatic heterocycles. The Bertz CT molecular complexity index is 193. The zero-order chi connectivity index (χ0) is 11.6. The Labute approximate surface area is 104 Å². The Morgan fingerprint density at radius 2 is 1.94 bits per heavy atom. The maximum atomic E-state index is 11.3. The number of halogens is 1. The lowest BCUT2D eigenvalue weighted by molar-refractivity contribution is -0.121. The van der Waals surface area contributed by atoms with Crippen molar-refractivity contribution in [3.05, 3.63) is 0 Å². The molecule has 1 aliphatic heterocycles. The summed E-state index contributed by atoms with van der Waals surface area (Å²) in [7, 11) is 0. The van der Waals surface area contributed by atoms with Crippen molar-refractivity contribution in [3.63, 3.8) is 0 Å². The highest BCUT2D eigenvalue weighted by Crippen LogP contribution is 2.06. The molecule has 0 aromatic rings. The van der Waals surface area contributed by atoms with E-state index in [0.29, 0.717) is 12.3 Å². The SMILES string of the molecule is O=C(CCCCCl)NCCCN1CCCC1. The quantitative estimate of drug-likeness (QED) is 0.525. The molecule has 1 rings (SSSR count). The number of unbranched alkanes of at least 4 members (excludes halogenated alkanes) is 1. The fourth-order valence-corrected chi connectivity index (χ4v) is 2.19. The van der Waals surface area contributed by atoms with Crippen molar-refractivity contribution < 1.29 is 4.79 Å². The highest BCUT2D eigenvalue weighted by Gasteiger charge is 2.10. The molecule has 1 fully saturated rings. The zero-order valence-electron chi connectivity index (χ0n) is 10.0. The predicted molar refractivity (Wildman–Crippen MR) is 67.9 cm³/mol. The molecule has 0 bridgehead atoms. The number of likely N-dealkylation sites (tertiary alicyclic amines) is 1. The lowest BCUT2D eigenvalue weighted by atomic mass is 10.2. The minimum absolute atomic E-state index is 0.173. The van der Waals surface area contributed by atoms with Gasteiger partial charge in [-0.2, -0.15) is 0 Å². The van der Waals surface area contributed by atoms with Gasteiger partial charge in [0.25, 0.3) is 0 Å². The van der Waals surface area contributed by atoms with Gasteiger partial charge in [-0.25, -0.2) is 0 Å².